The molecule has 0 aliphatic carbocycles. The van der Waals surface area contributed by atoms with Crippen LogP contribution in [0.4, 0.5) is 0 Å². The Kier molecular flexibility index (Phi) is 4.93. The van der Waals surface area contributed by atoms with Gasteiger partial charge in [0.05, 0.1) is 5.39 Å². The first kappa shape index (κ1) is 16.9. The average molecular weight is 336 g/mol. The highest BCUT2D eigenvalue weighted by atomic mass is 16.5. The fraction of sp³-hybridized carbons (Fsp3) is 0.250. The zero-order chi connectivity index (χ0) is 17.8. The van der Waals surface area contributed by atoms with E-state index in [9.17, 15) is 9.59 Å². The SMILES string of the molecule is CC(C)Cn1nc(C(=O)OCc2ccccc2)c2ccccc2c1=O. The van der Waals surface area contributed by atoms with Crippen molar-refractivity contribution in [1.82, 2.24) is 9.78 Å². The number of carbonyl (C=O) groups excluding carboxylic acids is 1. The lowest BCUT2D eigenvalue weighted by atomic mass is 10.1. The van der Waals surface area contributed by atoms with Crippen LogP contribution in [0.5, 0.6) is 0 Å². The van der Waals surface area contributed by atoms with Crippen LogP contribution in [0.2, 0.25) is 0 Å². The van der Waals surface area contributed by atoms with E-state index in [1.165, 1.54) is 4.68 Å². The lowest BCUT2D eigenvalue weighted by Crippen LogP contribution is -2.28. The van der Waals surface area contributed by atoms with Crippen LogP contribution in [0.3, 0.4) is 0 Å². The van der Waals surface area contributed by atoms with E-state index in [0.717, 1.165) is 5.56 Å². The molecule has 1 aromatic heterocycles. The third-order valence-corrected chi connectivity index (χ3v) is 3.81. The number of benzene rings is 2. The van der Waals surface area contributed by atoms with Gasteiger partial charge in [-0.3, -0.25) is 4.79 Å². The molecule has 3 rings (SSSR count). The summed E-state index contributed by atoms with van der Waals surface area (Å²) in [6, 6.07) is 16.5. The summed E-state index contributed by atoms with van der Waals surface area (Å²) >= 11 is 0. The van der Waals surface area contributed by atoms with Crippen molar-refractivity contribution in [2.45, 2.75) is 27.0 Å². The number of carbonyl (C=O) groups is 1. The maximum atomic E-state index is 12.6. The fourth-order valence-corrected chi connectivity index (χ4v) is 2.65. The predicted octanol–water partition coefficient (Wildman–Crippen LogP) is 3.41. The molecule has 0 fully saturated rings. The van der Waals surface area contributed by atoms with Crippen molar-refractivity contribution < 1.29 is 9.53 Å². The predicted molar refractivity (Wildman–Crippen MR) is 96.4 cm³/mol. The molecule has 0 atom stereocenters. The summed E-state index contributed by atoms with van der Waals surface area (Å²) in [7, 11) is 0. The van der Waals surface area contributed by atoms with Crippen molar-refractivity contribution in [2.24, 2.45) is 5.92 Å². The normalized spacial score (nSPS) is 11.0. The van der Waals surface area contributed by atoms with Crippen LogP contribution in [0.25, 0.3) is 10.8 Å². The highest BCUT2D eigenvalue weighted by Crippen LogP contribution is 2.15. The zero-order valence-corrected chi connectivity index (χ0v) is 14.3. The number of esters is 1. The van der Waals surface area contributed by atoms with E-state index in [2.05, 4.69) is 5.10 Å². The van der Waals surface area contributed by atoms with Crippen LogP contribution < -0.4 is 5.56 Å². The molecule has 0 radical (unpaired) electrons. The summed E-state index contributed by atoms with van der Waals surface area (Å²) in [6.45, 7) is 4.61. The number of aromatic nitrogens is 2. The number of hydrogen-bond donors (Lipinski definition) is 0. The highest BCUT2D eigenvalue weighted by molar-refractivity contribution is 6.02. The van der Waals surface area contributed by atoms with E-state index in [0.29, 0.717) is 17.3 Å². The summed E-state index contributed by atoms with van der Waals surface area (Å²) in [5.41, 5.74) is 0.881. The second-order valence-corrected chi connectivity index (χ2v) is 6.34. The standard InChI is InChI=1S/C20H20N2O3/c1-14(2)12-22-19(23)17-11-7-6-10-16(17)18(21-22)20(24)25-13-15-8-4-3-5-9-15/h3-11,14H,12-13H2,1-2H3. The number of rotatable bonds is 5. The summed E-state index contributed by atoms with van der Waals surface area (Å²) in [5.74, 6) is -0.294. The Hall–Kier alpha value is -2.95. The molecule has 0 amide bonds. The molecule has 0 saturated heterocycles. The summed E-state index contributed by atoms with van der Waals surface area (Å²) in [4.78, 5) is 25.1. The van der Waals surface area contributed by atoms with Gasteiger partial charge in [-0.15, -0.1) is 0 Å². The van der Waals surface area contributed by atoms with Crippen LogP contribution in [-0.4, -0.2) is 15.7 Å². The Morgan fingerprint density at radius 3 is 2.36 bits per heavy atom. The Morgan fingerprint density at radius 2 is 1.68 bits per heavy atom. The van der Waals surface area contributed by atoms with Crippen LogP contribution in [0, 0.1) is 5.92 Å². The number of nitrogens with zero attached hydrogens (tertiary/aromatic N) is 2. The molecule has 3 aromatic rings. The van der Waals surface area contributed by atoms with Gasteiger partial charge in [0.1, 0.15) is 6.61 Å². The molecular weight excluding hydrogens is 316 g/mol. The molecule has 0 saturated carbocycles. The van der Waals surface area contributed by atoms with Crippen molar-refractivity contribution >= 4 is 16.7 Å². The molecule has 0 aliphatic rings. The van der Waals surface area contributed by atoms with E-state index >= 15 is 0 Å². The molecule has 0 unspecified atom stereocenters. The molecule has 2 aromatic carbocycles. The zero-order valence-electron chi connectivity index (χ0n) is 14.3. The minimum atomic E-state index is -0.530. The van der Waals surface area contributed by atoms with Gasteiger partial charge >= 0.3 is 5.97 Å². The summed E-state index contributed by atoms with van der Waals surface area (Å²) < 4.78 is 6.76. The van der Waals surface area contributed by atoms with E-state index in [4.69, 9.17) is 4.74 Å². The lowest BCUT2D eigenvalue weighted by Gasteiger charge is -2.12. The van der Waals surface area contributed by atoms with Gasteiger partial charge in [0.2, 0.25) is 0 Å². The minimum Gasteiger partial charge on any atom is -0.456 e. The summed E-state index contributed by atoms with van der Waals surface area (Å²) in [5, 5.41) is 5.28. The quantitative estimate of drug-likeness (QED) is 0.670. The summed E-state index contributed by atoms with van der Waals surface area (Å²) in [6.07, 6.45) is 0. The Morgan fingerprint density at radius 1 is 1.04 bits per heavy atom. The highest BCUT2D eigenvalue weighted by Gasteiger charge is 2.18. The topological polar surface area (TPSA) is 61.2 Å². The van der Waals surface area contributed by atoms with E-state index in [1.807, 2.05) is 44.2 Å². The van der Waals surface area contributed by atoms with Gasteiger partial charge in [0.15, 0.2) is 5.69 Å². The molecule has 5 nitrogen and oxygen atoms in total. The van der Waals surface area contributed by atoms with Crippen molar-refractivity contribution in [3.8, 4) is 0 Å². The van der Waals surface area contributed by atoms with Crippen molar-refractivity contribution in [1.29, 1.82) is 0 Å². The van der Waals surface area contributed by atoms with Gasteiger partial charge in [-0.05, 0) is 17.5 Å². The van der Waals surface area contributed by atoms with Crippen LogP contribution in [0.1, 0.15) is 29.9 Å². The third-order valence-electron chi connectivity index (χ3n) is 3.81. The molecule has 0 spiro atoms. The van der Waals surface area contributed by atoms with E-state index in [1.54, 1.807) is 24.3 Å². The molecule has 128 valence electrons. The van der Waals surface area contributed by atoms with Gasteiger partial charge in [0.25, 0.3) is 5.56 Å². The molecule has 0 N–H and O–H groups in total. The fourth-order valence-electron chi connectivity index (χ4n) is 2.65. The molecule has 0 bridgehead atoms. The Labute approximate surface area is 145 Å². The Bertz CT molecular complexity index is 946. The van der Waals surface area contributed by atoms with Crippen molar-refractivity contribution in [3.63, 3.8) is 0 Å². The first-order chi connectivity index (χ1) is 12.1. The maximum Gasteiger partial charge on any atom is 0.359 e. The van der Waals surface area contributed by atoms with Crippen LogP contribution in [-0.2, 0) is 17.9 Å². The molecule has 0 aliphatic heterocycles. The third kappa shape index (κ3) is 3.76. The average Bonchev–Trinajstić information content (AvgIpc) is 2.62. The van der Waals surface area contributed by atoms with Gasteiger partial charge < -0.3 is 4.74 Å². The first-order valence-corrected chi connectivity index (χ1v) is 8.27. The second kappa shape index (κ2) is 7.30. The molecule has 1 heterocycles. The van der Waals surface area contributed by atoms with Gasteiger partial charge in [-0.1, -0.05) is 62.4 Å². The largest absolute Gasteiger partial charge is 0.456 e. The monoisotopic (exact) mass is 336 g/mol. The Balaban J connectivity index is 1.97. The smallest absolute Gasteiger partial charge is 0.359 e. The van der Waals surface area contributed by atoms with Gasteiger partial charge in [-0.25, -0.2) is 9.48 Å². The maximum absolute atomic E-state index is 12.6. The van der Waals surface area contributed by atoms with Crippen molar-refractivity contribution in [2.75, 3.05) is 0 Å². The molecular formula is C20H20N2O3. The van der Waals surface area contributed by atoms with E-state index < -0.39 is 5.97 Å². The lowest BCUT2D eigenvalue weighted by molar-refractivity contribution is 0.0465. The van der Waals surface area contributed by atoms with Crippen LogP contribution in [0.15, 0.2) is 59.4 Å². The van der Waals surface area contributed by atoms with Gasteiger partial charge in [0, 0.05) is 11.9 Å². The number of ether oxygens (including phenoxy) is 1. The minimum absolute atomic E-state index is 0.166. The molecule has 25 heavy (non-hydrogen) atoms. The van der Waals surface area contributed by atoms with Crippen molar-refractivity contribution in [3.05, 3.63) is 76.2 Å². The number of hydrogen-bond acceptors (Lipinski definition) is 4. The first-order valence-electron chi connectivity index (χ1n) is 8.27. The second-order valence-electron chi connectivity index (χ2n) is 6.34. The molecule has 5 heteroatoms. The number of fused-ring (bicyclic) bond motifs is 1. The van der Waals surface area contributed by atoms with Crippen LogP contribution >= 0.6 is 0 Å². The van der Waals surface area contributed by atoms with E-state index in [-0.39, 0.29) is 23.8 Å². The van der Waals surface area contributed by atoms with Gasteiger partial charge in [-0.2, -0.15) is 5.10 Å².